The number of aryl methyl sites for hydroxylation is 1. The van der Waals surface area contributed by atoms with Gasteiger partial charge in [0, 0.05) is 10.9 Å². The molecule has 0 spiro atoms. The number of halogens is 1. The molecule has 0 aliphatic heterocycles. The fourth-order valence-electron chi connectivity index (χ4n) is 1.17. The predicted molar refractivity (Wildman–Crippen MR) is 54.9 cm³/mol. The largest absolute Gasteiger partial charge is 0.328 e. The first-order valence-electron chi connectivity index (χ1n) is 3.46. The minimum Gasteiger partial charge on any atom is -0.328 e. The van der Waals surface area contributed by atoms with Gasteiger partial charge >= 0.3 is 0 Å². The number of aromatic amines is 1. The highest BCUT2D eigenvalue weighted by Gasteiger charge is 2.07. The Morgan fingerprint density at radius 1 is 1.58 bits per heavy atom. The van der Waals surface area contributed by atoms with Crippen molar-refractivity contribution in [1.82, 2.24) is 4.98 Å². The summed E-state index contributed by atoms with van der Waals surface area (Å²) in [5.74, 6) is 0. The molecule has 0 saturated carbocycles. The molecule has 0 radical (unpaired) electrons. The van der Waals surface area contributed by atoms with Gasteiger partial charge in [0.2, 0.25) is 0 Å². The zero-order chi connectivity index (χ0) is 8.72. The van der Waals surface area contributed by atoms with Crippen LogP contribution in [-0.2, 0) is 0 Å². The quantitative estimate of drug-likeness (QED) is 0.759. The van der Waals surface area contributed by atoms with Crippen LogP contribution in [0.15, 0.2) is 20.8 Å². The standard InChI is InChI=1S/C8H6BrNOS/c1-4-6-5(12-7(4)9)2-3-10-8(6)11/h2-3H,1H3,(H,10,11). The number of rotatable bonds is 0. The first-order valence-corrected chi connectivity index (χ1v) is 5.07. The maximum absolute atomic E-state index is 11.3. The van der Waals surface area contributed by atoms with Crippen LogP contribution in [0.5, 0.6) is 0 Å². The summed E-state index contributed by atoms with van der Waals surface area (Å²) < 4.78 is 2.07. The lowest BCUT2D eigenvalue weighted by Gasteiger charge is -1.87. The molecule has 4 heteroatoms. The van der Waals surface area contributed by atoms with Gasteiger partial charge in [-0.2, -0.15) is 0 Å². The predicted octanol–water partition coefficient (Wildman–Crippen LogP) is 2.66. The number of hydrogen-bond donors (Lipinski definition) is 1. The Labute approximate surface area is 81.4 Å². The number of pyridine rings is 1. The van der Waals surface area contributed by atoms with Crippen molar-refractivity contribution in [2.75, 3.05) is 0 Å². The molecule has 2 aromatic heterocycles. The molecule has 0 fully saturated rings. The maximum Gasteiger partial charge on any atom is 0.256 e. The Bertz CT molecular complexity index is 485. The Morgan fingerprint density at radius 2 is 2.33 bits per heavy atom. The topological polar surface area (TPSA) is 32.9 Å². The molecule has 0 unspecified atom stereocenters. The Morgan fingerprint density at radius 3 is 3.00 bits per heavy atom. The second-order valence-corrected chi connectivity index (χ2v) is 4.92. The fraction of sp³-hybridized carbons (Fsp3) is 0.125. The second-order valence-electron chi connectivity index (χ2n) is 2.55. The van der Waals surface area contributed by atoms with E-state index in [2.05, 4.69) is 20.9 Å². The number of hydrogen-bond acceptors (Lipinski definition) is 2. The molecule has 62 valence electrons. The second kappa shape index (κ2) is 2.71. The van der Waals surface area contributed by atoms with E-state index in [1.54, 1.807) is 17.5 Å². The van der Waals surface area contributed by atoms with Gasteiger partial charge in [0.1, 0.15) is 0 Å². The van der Waals surface area contributed by atoms with Crippen LogP contribution >= 0.6 is 27.3 Å². The number of nitrogens with one attached hydrogen (secondary N) is 1. The molecule has 12 heavy (non-hydrogen) atoms. The van der Waals surface area contributed by atoms with Crippen LogP contribution in [0.25, 0.3) is 10.1 Å². The maximum atomic E-state index is 11.3. The van der Waals surface area contributed by atoms with Crippen LogP contribution in [-0.4, -0.2) is 4.98 Å². The molecule has 2 aromatic rings. The summed E-state index contributed by atoms with van der Waals surface area (Å²) in [5, 5.41) is 0.800. The van der Waals surface area contributed by atoms with Crippen molar-refractivity contribution < 1.29 is 0 Å². The third kappa shape index (κ3) is 1.03. The van der Waals surface area contributed by atoms with E-state index in [9.17, 15) is 4.79 Å². The van der Waals surface area contributed by atoms with Crippen molar-refractivity contribution in [2.24, 2.45) is 0 Å². The van der Waals surface area contributed by atoms with E-state index in [0.29, 0.717) is 0 Å². The molecular formula is C8H6BrNOS. The first-order chi connectivity index (χ1) is 5.70. The normalized spacial score (nSPS) is 10.8. The monoisotopic (exact) mass is 243 g/mol. The summed E-state index contributed by atoms with van der Waals surface area (Å²) in [7, 11) is 0. The van der Waals surface area contributed by atoms with Crippen LogP contribution in [0.2, 0.25) is 0 Å². The minimum absolute atomic E-state index is 0.00745. The molecule has 0 aliphatic rings. The van der Waals surface area contributed by atoms with E-state index < -0.39 is 0 Å². The highest BCUT2D eigenvalue weighted by atomic mass is 79.9. The van der Waals surface area contributed by atoms with E-state index >= 15 is 0 Å². The smallest absolute Gasteiger partial charge is 0.256 e. The van der Waals surface area contributed by atoms with Gasteiger partial charge in [-0.3, -0.25) is 4.79 Å². The molecule has 1 N–H and O–H groups in total. The van der Waals surface area contributed by atoms with Crippen LogP contribution in [0.1, 0.15) is 5.56 Å². The van der Waals surface area contributed by atoms with Crippen molar-refractivity contribution in [2.45, 2.75) is 6.92 Å². The molecule has 2 nitrogen and oxygen atoms in total. The van der Waals surface area contributed by atoms with Crippen LogP contribution in [0.4, 0.5) is 0 Å². The average molecular weight is 244 g/mol. The first kappa shape index (κ1) is 8.01. The summed E-state index contributed by atoms with van der Waals surface area (Å²) >= 11 is 5.00. The molecule has 0 aromatic carbocycles. The van der Waals surface area contributed by atoms with Gasteiger partial charge in [-0.15, -0.1) is 11.3 Å². The van der Waals surface area contributed by atoms with Gasteiger partial charge < -0.3 is 4.98 Å². The molecular weight excluding hydrogens is 238 g/mol. The van der Waals surface area contributed by atoms with E-state index in [0.717, 1.165) is 19.4 Å². The molecule has 2 rings (SSSR count). The lowest BCUT2D eigenvalue weighted by atomic mass is 10.2. The van der Waals surface area contributed by atoms with E-state index in [1.165, 1.54) is 0 Å². The SMILES string of the molecule is Cc1c(Br)sc2cc[nH]c(=O)c12. The summed E-state index contributed by atoms with van der Waals surface area (Å²) in [5.41, 5.74) is 1.02. The Kier molecular flexibility index (Phi) is 1.81. The average Bonchev–Trinajstić information content (AvgIpc) is 2.29. The van der Waals surface area contributed by atoms with E-state index in [1.807, 2.05) is 13.0 Å². The Hall–Kier alpha value is -0.610. The molecule has 0 amide bonds. The van der Waals surface area contributed by atoms with Crippen molar-refractivity contribution in [3.05, 3.63) is 32.0 Å². The molecule has 0 saturated heterocycles. The van der Waals surface area contributed by atoms with Crippen LogP contribution in [0.3, 0.4) is 0 Å². The van der Waals surface area contributed by atoms with Crippen molar-refractivity contribution in [1.29, 1.82) is 0 Å². The van der Waals surface area contributed by atoms with Gasteiger partial charge in [-0.1, -0.05) is 0 Å². The van der Waals surface area contributed by atoms with Gasteiger partial charge in [-0.05, 0) is 34.5 Å². The summed E-state index contributed by atoms with van der Waals surface area (Å²) in [6.45, 7) is 1.94. The zero-order valence-electron chi connectivity index (χ0n) is 6.35. The van der Waals surface area contributed by atoms with Gasteiger partial charge in [0.25, 0.3) is 5.56 Å². The van der Waals surface area contributed by atoms with Crippen LogP contribution in [0, 0.1) is 6.92 Å². The zero-order valence-corrected chi connectivity index (χ0v) is 8.75. The summed E-state index contributed by atoms with van der Waals surface area (Å²) in [6, 6.07) is 1.92. The fourth-order valence-corrected chi connectivity index (χ4v) is 2.83. The minimum atomic E-state index is -0.00745. The lowest BCUT2D eigenvalue weighted by molar-refractivity contribution is 1.27. The van der Waals surface area contributed by atoms with Crippen molar-refractivity contribution in [3.8, 4) is 0 Å². The summed E-state index contributed by atoms with van der Waals surface area (Å²) in [6.07, 6.45) is 1.67. The van der Waals surface area contributed by atoms with Gasteiger partial charge in [0.05, 0.1) is 9.17 Å². The molecule has 0 bridgehead atoms. The number of thiophene rings is 1. The van der Waals surface area contributed by atoms with Gasteiger partial charge in [-0.25, -0.2) is 0 Å². The van der Waals surface area contributed by atoms with E-state index in [4.69, 9.17) is 0 Å². The highest BCUT2D eigenvalue weighted by Crippen LogP contribution is 2.31. The lowest BCUT2D eigenvalue weighted by Crippen LogP contribution is -2.03. The third-order valence-corrected chi connectivity index (χ3v) is 3.92. The number of aromatic nitrogens is 1. The summed E-state index contributed by atoms with van der Waals surface area (Å²) in [4.78, 5) is 14.0. The van der Waals surface area contributed by atoms with Crippen molar-refractivity contribution in [3.63, 3.8) is 0 Å². The third-order valence-electron chi connectivity index (χ3n) is 1.79. The number of fused-ring (bicyclic) bond motifs is 1. The number of H-pyrrole nitrogens is 1. The Balaban J connectivity index is 3.07. The van der Waals surface area contributed by atoms with E-state index in [-0.39, 0.29) is 5.56 Å². The van der Waals surface area contributed by atoms with Crippen LogP contribution < -0.4 is 5.56 Å². The highest BCUT2D eigenvalue weighted by molar-refractivity contribution is 9.11. The van der Waals surface area contributed by atoms with Gasteiger partial charge in [0.15, 0.2) is 0 Å². The van der Waals surface area contributed by atoms with Crippen molar-refractivity contribution >= 4 is 37.4 Å². The molecule has 0 atom stereocenters. The molecule has 0 aliphatic carbocycles. The molecule has 2 heterocycles.